The van der Waals surface area contributed by atoms with Crippen molar-refractivity contribution < 1.29 is 4.52 Å². The molecule has 0 fully saturated rings. The van der Waals surface area contributed by atoms with Crippen molar-refractivity contribution in [3.05, 3.63) is 11.8 Å². The number of fused-ring (bicyclic) bond motifs is 1. The molecule has 2 heterocycles. The first kappa shape index (κ1) is 6.27. The monoisotopic (exact) mass is 151 g/mol. The third-order valence-corrected chi connectivity index (χ3v) is 1.70. The molecule has 3 N–H and O–H groups in total. The number of H-pyrrole nitrogens is 1. The summed E-state index contributed by atoms with van der Waals surface area (Å²) in [6.45, 7) is 2.03. The van der Waals surface area contributed by atoms with Gasteiger partial charge in [0.1, 0.15) is 5.82 Å². The maximum Gasteiger partial charge on any atom is 0.237 e. The second kappa shape index (κ2) is 2.02. The van der Waals surface area contributed by atoms with Gasteiger partial charge < -0.3 is 15.2 Å². The van der Waals surface area contributed by atoms with E-state index in [0.29, 0.717) is 11.5 Å². The summed E-state index contributed by atoms with van der Waals surface area (Å²) in [5.41, 5.74) is 7.13. The van der Waals surface area contributed by atoms with Crippen molar-refractivity contribution in [3.63, 3.8) is 0 Å². The van der Waals surface area contributed by atoms with Gasteiger partial charge in [-0.1, -0.05) is 12.1 Å². The summed E-state index contributed by atoms with van der Waals surface area (Å²) in [5, 5.41) is 4.84. The number of aryl methyl sites for hydroxylation is 1. The first-order valence-corrected chi connectivity index (χ1v) is 3.54. The Morgan fingerprint density at radius 1 is 1.73 bits per heavy atom. The number of rotatable bonds is 1. The minimum Gasteiger partial charge on any atom is -0.385 e. The highest BCUT2D eigenvalue weighted by molar-refractivity contribution is 5.80. The van der Waals surface area contributed by atoms with Gasteiger partial charge in [-0.25, -0.2) is 0 Å². The summed E-state index contributed by atoms with van der Waals surface area (Å²) in [6.07, 6.45) is 0.865. The highest BCUT2D eigenvalue weighted by Gasteiger charge is 2.07. The van der Waals surface area contributed by atoms with Gasteiger partial charge in [-0.15, -0.1) is 0 Å². The van der Waals surface area contributed by atoms with Gasteiger partial charge in [0.15, 0.2) is 0 Å². The zero-order chi connectivity index (χ0) is 7.84. The van der Waals surface area contributed by atoms with Crippen LogP contribution in [0, 0.1) is 0 Å². The van der Waals surface area contributed by atoms with Gasteiger partial charge in [0.25, 0.3) is 0 Å². The van der Waals surface area contributed by atoms with E-state index in [1.165, 1.54) is 0 Å². The predicted octanol–water partition coefficient (Wildman–Crippen LogP) is 1.30. The van der Waals surface area contributed by atoms with Crippen molar-refractivity contribution in [2.75, 3.05) is 5.73 Å². The zero-order valence-corrected chi connectivity index (χ0v) is 6.22. The molecule has 0 radical (unpaired) electrons. The van der Waals surface area contributed by atoms with Crippen LogP contribution in [-0.2, 0) is 6.42 Å². The van der Waals surface area contributed by atoms with Gasteiger partial charge in [0.05, 0.1) is 11.1 Å². The van der Waals surface area contributed by atoms with Crippen LogP contribution >= 0.6 is 0 Å². The lowest BCUT2D eigenvalue weighted by Gasteiger charge is -1.81. The van der Waals surface area contributed by atoms with Gasteiger partial charge in [0.2, 0.25) is 5.71 Å². The third-order valence-electron chi connectivity index (χ3n) is 1.70. The largest absolute Gasteiger partial charge is 0.385 e. The maximum absolute atomic E-state index is 5.52. The molecule has 2 rings (SSSR count). The fourth-order valence-corrected chi connectivity index (χ4v) is 1.15. The Balaban J connectivity index is 2.73. The van der Waals surface area contributed by atoms with Crippen LogP contribution in [0.5, 0.6) is 0 Å². The Bertz CT molecular complexity index is 374. The Hall–Kier alpha value is -1.45. The van der Waals surface area contributed by atoms with E-state index >= 15 is 0 Å². The standard InChI is InChI=1S/C7H9N3O/c1-2-5-4-3-6(8)9-7(4)11-10-5/h3,9H,2,8H2,1H3. The molecule has 0 aromatic carbocycles. The number of nitrogens with two attached hydrogens (primary N) is 1. The molecule has 11 heavy (non-hydrogen) atoms. The summed E-state index contributed by atoms with van der Waals surface area (Å²) >= 11 is 0. The van der Waals surface area contributed by atoms with E-state index in [9.17, 15) is 0 Å². The fourth-order valence-electron chi connectivity index (χ4n) is 1.15. The lowest BCUT2D eigenvalue weighted by molar-refractivity contribution is 0.440. The number of anilines is 1. The van der Waals surface area contributed by atoms with Crippen LogP contribution in [0.15, 0.2) is 10.6 Å². The minimum absolute atomic E-state index is 0.621. The molecule has 0 spiro atoms. The lowest BCUT2D eigenvalue weighted by Crippen LogP contribution is -1.82. The molecule has 2 aromatic rings. The Morgan fingerprint density at radius 3 is 3.27 bits per heavy atom. The van der Waals surface area contributed by atoms with E-state index in [-0.39, 0.29) is 0 Å². The number of nitrogens with one attached hydrogen (secondary N) is 1. The van der Waals surface area contributed by atoms with Crippen molar-refractivity contribution in [1.29, 1.82) is 0 Å². The van der Waals surface area contributed by atoms with Crippen molar-refractivity contribution in [2.24, 2.45) is 0 Å². The fraction of sp³-hybridized carbons (Fsp3) is 0.286. The Labute approximate surface area is 63.4 Å². The van der Waals surface area contributed by atoms with Gasteiger partial charge in [-0.3, -0.25) is 0 Å². The van der Waals surface area contributed by atoms with E-state index in [1.807, 2.05) is 13.0 Å². The normalized spacial score (nSPS) is 11.0. The van der Waals surface area contributed by atoms with Crippen molar-refractivity contribution in [1.82, 2.24) is 10.1 Å². The number of hydrogen-bond acceptors (Lipinski definition) is 3. The first-order chi connectivity index (χ1) is 5.31. The van der Waals surface area contributed by atoms with Gasteiger partial charge in [0, 0.05) is 0 Å². The van der Waals surface area contributed by atoms with E-state index in [2.05, 4.69) is 10.1 Å². The molecule has 0 unspecified atom stereocenters. The number of aromatic amines is 1. The molecule has 0 saturated heterocycles. The average molecular weight is 151 g/mol. The second-order valence-electron chi connectivity index (χ2n) is 2.45. The molecule has 0 amide bonds. The van der Waals surface area contributed by atoms with Crippen molar-refractivity contribution in [2.45, 2.75) is 13.3 Å². The average Bonchev–Trinajstić information content (AvgIpc) is 2.45. The molecule has 0 aliphatic heterocycles. The molecule has 4 nitrogen and oxygen atoms in total. The van der Waals surface area contributed by atoms with E-state index in [0.717, 1.165) is 17.5 Å². The molecular weight excluding hydrogens is 142 g/mol. The predicted molar refractivity (Wildman–Crippen MR) is 42.2 cm³/mol. The lowest BCUT2D eigenvalue weighted by atomic mass is 10.2. The number of nitrogens with zero attached hydrogens (tertiary/aromatic N) is 1. The van der Waals surface area contributed by atoms with E-state index in [4.69, 9.17) is 10.3 Å². The van der Waals surface area contributed by atoms with E-state index in [1.54, 1.807) is 0 Å². The topological polar surface area (TPSA) is 67.8 Å². The number of nitrogen functional groups attached to an aromatic ring is 1. The molecule has 58 valence electrons. The SMILES string of the molecule is CCc1noc2[nH]c(N)cc12. The summed E-state index contributed by atoms with van der Waals surface area (Å²) in [7, 11) is 0. The number of aromatic nitrogens is 2. The summed E-state index contributed by atoms with van der Waals surface area (Å²) in [6, 6.07) is 1.84. The van der Waals surface area contributed by atoms with Crippen LogP contribution in [-0.4, -0.2) is 10.1 Å². The molecule has 2 aromatic heterocycles. The smallest absolute Gasteiger partial charge is 0.237 e. The molecule has 0 aliphatic rings. The quantitative estimate of drug-likeness (QED) is 0.645. The number of hydrogen-bond donors (Lipinski definition) is 2. The van der Waals surface area contributed by atoms with Crippen LogP contribution in [0.1, 0.15) is 12.6 Å². The Morgan fingerprint density at radius 2 is 2.55 bits per heavy atom. The molecular formula is C7H9N3O. The van der Waals surface area contributed by atoms with Gasteiger partial charge in [-0.2, -0.15) is 0 Å². The van der Waals surface area contributed by atoms with Crippen molar-refractivity contribution in [3.8, 4) is 0 Å². The van der Waals surface area contributed by atoms with Crippen LogP contribution in [0.4, 0.5) is 5.82 Å². The summed E-state index contributed by atoms with van der Waals surface area (Å²) in [4.78, 5) is 2.86. The molecule has 0 aliphatic carbocycles. The highest BCUT2D eigenvalue weighted by atomic mass is 16.5. The molecule has 0 atom stereocenters. The molecule has 0 bridgehead atoms. The van der Waals surface area contributed by atoms with Gasteiger partial charge in [-0.05, 0) is 12.5 Å². The van der Waals surface area contributed by atoms with Crippen molar-refractivity contribution >= 4 is 16.9 Å². The zero-order valence-electron chi connectivity index (χ0n) is 6.22. The second-order valence-corrected chi connectivity index (χ2v) is 2.45. The van der Waals surface area contributed by atoms with Gasteiger partial charge >= 0.3 is 0 Å². The first-order valence-electron chi connectivity index (χ1n) is 3.54. The molecule has 0 saturated carbocycles. The van der Waals surface area contributed by atoms with Crippen LogP contribution in [0.25, 0.3) is 11.1 Å². The maximum atomic E-state index is 5.52. The minimum atomic E-state index is 0.621. The summed E-state index contributed by atoms with van der Waals surface area (Å²) < 4.78 is 4.98. The highest BCUT2D eigenvalue weighted by Crippen LogP contribution is 2.20. The molecule has 4 heteroatoms. The third kappa shape index (κ3) is 0.790. The van der Waals surface area contributed by atoms with E-state index < -0.39 is 0 Å². The van der Waals surface area contributed by atoms with Crippen LogP contribution < -0.4 is 5.73 Å². The summed E-state index contributed by atoms with van der Waals surface area (Å²) in [5.74, 6) is 0.621. The van der Waals surface area contributed by atoms with Crippen LogP contribution in [0.2, 0.25) is 0 Å². The van der Waals surface area contributed by atoms with Crippen LogP contribution in [0.3, 0.4) is 0 Å². The Kier molecular flexibility index (Phi) is 1.15.